The quantitative estimate of drug-likeness (QED) is 0.806. The molecule has 1 amide bonds. The van der Waals surface area contributed by atoms with Gasteiger partial charge < -0.3 is 15.6 Å². The number of hydrogen-bond acceptors (Lipinski definition) is 4. The van der Waals surface area contributed by atoms with Crippen molar-refractivity contribution in [1.29, 1.82) is 0 Å². The van der Waals surface area contributed by atoms with Gasteiger partial charge in [0.2, 0.25) is 0 Å². The van der Waals surface area contributed by atoms with Gasteiger partial charge in [-0.25, -0.2) is 0 Å². The zero-order valence-corrected chi connectivity index (χ0v) is 11.1. The minimum atomic E-state index is -0.205. The number of benzene rings is 1. The third kappa shape index (κ3) is 2.90. The summed E-state index contributed by atoms with van der Waals surface area (Å²) >= 11 is 0. The number of carbonyl (C=O) groups excluding carboxylic acids is 1. The molecule has 1 aromatic heterocycles. The highest BCUT2D eigenvalue weighted by atomic mass is 16.1. The predicted octanol–water partition coefficient (Wildman–Crippen LogP) is 1.12. The highest BCUT2D eigenvalue weighted by Gasteiger charge is 2.11. The maximum absolute atomic E-state index is 12.0. The van der Waals surface area contributed by atoms with Gasteiger partial charge in [-0.2, -0.15) is 0 Å². The van der Waals surface area contributed by atoms with Crippen molar-refractivity contribution in [3.8, 4) is 0 Å². The molecule has 0 spiro atoms. The van der Waals surface area contributed by atoms with Crippen LogP contribution in [0.4, 0.5) is 5.69 Å². The van der Waals surface area contributed by atoms with Gasteiger partial charge in [-0.05, 0) is 31.5 Å². The SMILES string of the molecule is CCn1cnnc1CNC(=O)c1ccc(C)cc1N. The van der Waals surface area contributed by atoms with E-state index in [1.807, 2.05) is 24.5 Å². The van der Waals surface area contributed by atoms with Crippen LogP contribution in [0.1, 0.15) is 28.7 Å². The summed E-state index contributed by atoms with van der Waals surface area (Å²) in [5.41, 5.74) is 7.82. The molecule has 6 nitrogen and oxygen atoms in total. The number of amides is 1. The van der Waals surface area contributed by atoms with Crippen molar-refractivity contribution in [2.75, 3.05) is 5.73 Å². The fourth-order valence-corrected chi connectivity index (χ4v) is 1.82. The number of nitrogen functional groups attached to an aromatic ring is 1. The molecular weight excluding hydrogens is 242 g/mol. The summed E-state index contributed by atoms with van der Waals surface area (Å²) in [4.78, 5) is 12.0. The first kappa shape index (κ1) is 13.1. The van der Waals surface area contributed by atoms with Gasteiger partial charge in [-0.1, -0.05) is 6.07 Å². The molecule has 0 saturated carbocycles. The number of nitrogens with two attached hydrogens (primary N) is 1. The molecule has 2 aromatic rings. The van der Waals surface area contributed by atoms with Gasteiger partial charge in [0, 0.05) is 12.2 Å². The van der Waals surface area contributed by atoms with Crippen LogP contribution >= 0.6 is 0 Å². The number of aryl methyl sites for hydroxylation is 2. The lowest BCUT2D eigenvalue weighted by Crippen LogP contribution is -2.25. The molecule has 1 aromatic carbocycles. The van der Waals surface area contributed by atoms with E-state index in [9.17, 15) is 4.79 Å². The first-order chi connectivity index (χ1) is 9.11. The lowest BCUT2D eigenvalue weighted by molar-refractivity contribution is 0.0950. The second-order valence-corrected chi connectivity index (χ2v) is 4.31. The molecule has 3 N–H and O–H groups in total. The van der Waals surface area contributed by atoms with Crippen LogP contribution in [0.5, 0.6) is 0 Å². The summed E-state index contributed by atoms with van der Waals surface area (Å²) in [6.07, 6.45) is 1.64. The van der Waals surface area contributed by atoms with Crippen LogP contribution in [-0.2, 0) is 13.1 Å². The third-order valence-corrected chi connectivity index (χ3v) is 2.90. The minimum absolute atomic E-state index is 0.205. The largest absolute Gasteiger partial charge is 0.398 e. The monoisotopic (exact) mass is 259 g/mol. The van der Waals surface area contributed by atoms with Gasteiger partial charge in [0.1, 0.15) is 6.33 Å². The zero-order chi connectivity index (χ0) is 13.8. The first-order valence-corrected chi connectivity index (χ1v) is 6.12. The Morgan fingerprint density at radius 3 is 2.95 bits per heavy atom. The Morgan fingerprint density at radius 1 is 1.47 bits per heavy atom. The van der Waals surface area contributed by atoms with Gasteiger partial charge in [-0.15, -0.1) is 10.2 Å². The van der Waals surface area contributed by atoms with Crippen molar-refractivity contribution < 1.29 is 4.79 Å². The summed E-state index contributed by atoms with van der Waals surface area (Å²) in [6, 6.07) is 5.37. The maximum atomic E-state index is 12.0. The maximum Gasteiger partial charge on any atom is 0.253 e. The molecule has 2 rings (SSSR count). The molecule has 100 valence electrons. The van der Waals surface area contributed by atoms with Crippen LogP contribution in [0.2, 0.25) is 0 Å². The number of anilines is 1. The van der Waals surface area contributed by atoms with Gasteiger partial charge in [0.05, 0.1) is 12.1 Å². The molecule has 19 heavy (non-hydrogen) atoms. The number of hydrogen-bond donors (Lipinski definition) is 2. The van der Waals surface area contributed by atoms with Crippen LogP contribution in [0.3, 0.4) is 0 Å². The van der Waals surface area contributed by atoms with Gasteiger partial charge in [-0.3, -0.25) is 4.79 Å². The fourth-order valence-electron chi connectivity index (χ4n) is 1.82. The molecule has 0 fully saturated rings. The Morgan fingerprint density at radius 2 is 2.26 bits per heavy atom. The van der Waals surface area contributed by atoms with E-state index in [0.29, 0.717) is 17.8 Å². The average molecular weight is 259 g/mol. The number of carbonyl (C=O) groups is 1. The number of nitrogens with zero attached hydrogens (tertiary/aromatic N) is 3. The van der Waals surface area contributed by atoms with Crippen molar-refractivity contribution in [2.24, 2.45) is 0 Å². The van der Waals surface area contributed by atoms with Crippen LogP contribution < -0.4 is 11.1 Å². The molecule has 6 heteroatoms. The van der Waals surface area contributed by atoms with Gasteiger partial charge in [0.15, 0.2) is 5.82 Å². The molecule has 0 radical (unpaired) electrons. The van der Waals surface area contributed by atoms with E-state index in [4.69, 9.17) is 5.73 Å². The molecule has 0 aliphatic carbocycles. The van der Waals surface area contributed by atoms with Crippen molar-refractivity contribution in [3.63, 3.8) is 0 Å². The average Bonchev–Trinajstić information content (AvgIpc) is 2.83. The highest BCUT2D eigenvalue weighted by molar-refractivity contribution is 5.99. The smallest absolute Gasteiger partial charge is 0.253 e. The second kappa shape index (κ2) is 5.51. The van der Waals surface area contributed by atoms with Crippen LogP contribution in [-0.4, -0.2) is 20.7 Å². The number of aromatic nitrogens is 3. The van der Waals surface area contributed by atoms with Crippen LogP contribution in [0, 0.1) is 6.92 Å². The number of nitrogens with one attached hydrogen (secondary N) is 1. The van der Waals surface area contributed by atoms with Crippen molar-refractivity contribution in [3.05, 3.63) is 41.5 Å². The molecular formula is C13H17N5O. The van der Waals surface area contributed by atoms with E-state index in [2.05, 4.69) is 15.5 Å². The molecule has 0 unspecified atom stereocenters. The Kier molecular flexibility index (Phi) is 3.79. The molecule has 1 heterocycles. The first-order valence-electron chi connectivity index (χ1n) is 6.12. The zero-order valence-electron chi connectivity index (χ0n) is 11.1. The van der Waals surface area contributed by atoms with Crippen molar-refractivity contribution in [1.82, 2.24) is 20.1 Å². The molecule has 0 atom stereocenters. The van der Waals surface area contributed by atoms with E-state index >= 15 is 0 Å². The summed E-state index contributed by atoms with van der Waals surface area (Å²) in [7, 11) is 0. The summed E-state index contributed by atoms with van der Waals surface area (Å²) in [5, 5.41) is 10.6. The van der Waals surface area contributed by atoms with Crippen LogP contribution in [0.25, 0.3) is 0 Å². The van der Waals surface area contributed by atoms with E-state index in [1.54, 1.807) is 18.5 Å². The van der Waals surface area contributed by atoms with E-state index < -0.39 is 0 Å². The van der Waals surface area contributed by atoms with E-state index in [1.165, 1.54) is 0 Å². The third-order valence-electron chi connectivity index (χ3n) is 2.90. The predicted molar refractivity (Wildman–Crippen MR) is 72.5 cm³/mol. The molecule has 0 aliphatic rings. The number of rotatable bonds is 4. The van der Waals surface area contributed by atoms with Gasteiger partial charge in [0.25, 0.3) is 5.91 Å². The minimum Gasteiger partial charge on any atom is -0.398 e. The van der Waals surface area contributed by atoms with Crippen molar-refractivity contribution in [2.45, 2.75) is 26.9 Å². The molecule has 0 saturated heterocycles. The lowest BCUT2D eigenvalue weighted by Gasteiger charge is -2.08. The topological polar surface area (TPSA) is 85.8 Å². The Bertz CT molecular complexity index is 590. The van der Waals surface area contributed by atoms with Crippen molar-refractivity contribution >= 4 is 11.6 Å². The Balaban J connectivity index is 2.05. The summed E-state index contributed by atoms with van der Waals surface area (Å²) in [5.74, 6) is 0.518. The summed E-state index contributed by atoms with van der Waals surface area (Å²) < 4.78 is 1.87. The standard InChI is InChI=1S/C13H17N5O/c1-3-18-8-16-17-12(18)7-15-13(19)10-5-4-9(2)6-11(10)14/h4-6,8H,3,7,14H2,1-2H3,(H,15,19). The Labute approximate surface area is 111 Å². The molecule has 0 aliphatic heterocycles. The highest BCUT2D eigenvalue weighted by Crippen LogP contribution is 2.13. The fraction of sp³-hybridized carbons (Fsp3) is 0.308. The van der Waals surface area contributed by atoms with Gasteiger partial charge >= 0.3 is 0 Å². The molecule has 0 bridgehead atoms. The van der Waals surface area contributed by atoms with Crippen LogP contribution in [0.15, 0.2) is 24.5 Å². The lowest BCUT2D eigenvalue weighted by atomic mass is 10.1. The summed E-state index contributed by atoms with van der Waals surface area (Å²) in [6.45, 7) is 5.03. The van der Waals surface area contributed by atoms with E-state index in [0.717, 1.165) is 17.9 Å². The van der Waals surface area contributed by atoms with E-state index in [-0.39, 0.29) is 5.91 Å². The Hall–Kier alpha value is -2.37. The second-order valence-electron chi connectivity index (χ2n) is 4.31. The normalized spacial score (nSPS) is 10.4.